The van der Waals surface area contributed by atoms with Crippen LogP contribution in [0.15, 0.2) is 41.0 Å². The number of hydrogen-bond acceptors (Lipinski definition) is 4. The van der Waals surface area contributed by atoms with E-state index in [0.717, 1.165) is 48.6 Å². The summed E-state index contributed by atoms with van der Waals surface area (Å²) in [7, 11) is 1.81. The summed E-state index contributed by atoms with van der Waals surface area (Å²) < 4.78 is 1.69. The summed E-state index contributed by atoms with van der Waals surface area (Å²) in [5, 5.41) is 3.01. The molecule has 2 heterocycles. The summed E-state index contributed by atoms with van der Waals surface area (Å²) in [6.45, 7) is 12.9. The van der Waals surface area contributed by atoms with E-state index in [4.69, 9.17) is 0 Å². The topological polar surface area (TPSA) is 50.2 Å². The first kappa shape index (κ1) is 21.9. The van der Waals surface area contributed by atoms with Gasteiger partial charge in [-0.05, 0) is 52.3 Å². The minimum atomic E-state index is -0.0584. The van der Waals surface area contributed by atoms with Gasteiger partial charge in [0.25, 0.3) is 5.56 Å². The van der Waals surface area contributed by atoms with E-state index in [0.29, 0.717) is 6.04 Å². The molecule has 152 valence electrons. The van der Waals surface area contributed by atoms with Gasteiger partial charge in [-0.15, -0.1) is 0 Å². The first-order valence-electron chi connectivity index (χ1n) is 10.2. The molecule has 0 radical (unpaired) electrons. The molecule has 0 aliphatic carbocycles. The van der Waals surface area contributed by atoms with Gasteiger partial charge < -0.3 is 5.32 Å². The lowest BCUT2D eigenvalue weighted by atomic mass is 10.1. The summed E-state index contributed by atoms with van der Waals surface area (Å²) in [4.78, 5) is 19.6. The first-order valence-corrected chi connectivity index (χ1v) is 10.2. The predicted octanol–water partition coefficient (Wildman–Crippen LogP) is 4.50. The van der Waals surface area contributed by atoms with Crippen molar-refractivity contribution in [1.29, 1.82) is 0 Å². The maximum absolute atomic E-state index is 12.6. The Morgan fingerprint density at radius 2 is 2.11 bits per heavy atom. The number of nitrogens with zero attached hydrogens (tertiary/aromatic N) is 3. The van der Waals surface area contributed by atoms with E-state index >= 15 is 0 Å². The smallest absolute Gasteiger partial charge is 0.257 e. The van der Waals surface area contributed by atoms with Crippen molar-refractivity contribution in [3.8, 4) is 5.69 Å². The molecule has 5 nitrogen and oxygen atoms in total. The Bertz CT molecular complexity index is 869. The zero-order chi connectivity index (χ0) is 20.7. The van der Waals surface area contributed by atoms with Crippen molar-refractivity contribution in [1.82, 2.24) is 14.5 Å². The highest BCUT2D eigenvalue weighted by atomic mass is 16.1. The predicted molar refractivity (Wildman–Crippen MR) is 119 cm³/mol. The van der Waals surface area contributed by atoms with Crippen molar-refractivity contribution in [3.63, 3.8) is 0 Å². The van der Waals surface area contributed by atoms with Gasteiger partial charge in [0.15, 0.2) is 0 Å². The molecule has 0 aliphatic rings. The average Bonchev–Trinajstić information content (AvgIpc) is 2.68. The first-order chi connectivity index (χ1) is 13.4. The van der Waals surface area contributed by atoms with Crippen LogP contribution in [0.5, 0.6) is 0 Å². The second kappa shape index (κ2) is 10.2. The van der Waals surface area contributed by atoms with E-state index in [1.54, 1.807) is 16.8 Å². The number of anilines is 1. The zero-order valence-corrected chi connectivity index (χ0v) is 18.1. The summed E-state index contributed by atoms with van der Waals surface area (Å²) in [5.74, 6) is 0. The highest BCUT2D eigenvalue weighted by molar-refractivity contribution is 5.64. The molecule has 5 heteroatoms. The Labute approximate surface area is 169 Å². The van der Waals surface area contributed by atoms with E-state index in [1.807, 2.05) is 32.3 Å². The molecule has 2 aromatic rings. The third kappa shape index (κ3) is 5.32. The third-order valence-corrected chi connectivity index (χ3v) is 5.20. The van der Waals surface area contributed by atoms with Crippen LogP contribution in [0.2, 0.25) is 0 Å². The quantitative estimate of drug-likeness (QED) is 0.694. The zero-order valence-electron chi connectivity index (χ0n) is 18.1. The fourth-order valence-corrected chi connectivity index (χ4v) is 3.40. The molecule has 0 bridgehead atoms. The molecule has 0 aromatic carbocycles. The Morgan fingerprint density at radius 1 is 1.36 bits per heavy atom. The van der Waals surface area contributed by atoms with Gasteiger partial charge in [0.2, 0.25) is 0 Å². The lowest BCUT2D eigenvalue weighted by Gasteiger charge is -2.28. The van der Waals surface area contributed by atoms with Gasteiger partial charge in [0, 0.05) is 55.0 Å². The molecule has 0 spiro atoms. The van der Waals surface area contributed by atoms with Gasteiger partial charge in [-0.1, -0.05) is 25.5 Å². The summed E-state index contributed by atoms with van der Waals surface area (Å²) >= 11 is 0. The van der Waals surface area contributed by atoms with Crippen molar-refractivity contribution in [3.05, 3.63) is 57.8 Å². The molecule has 0 aliphatic heterocycles. The van der Waals surface area contributed by atoms with Crippen LogP contribution in [-0.4, -0.2) is 40.6 Å². The maximum Gasteiger partial charge on any atom is 0.257 e. The van der Waals surface area contributed by atoms with Gasteiger partial charge in [0.1, 0.15) is 0 Å². The molecule has 1 N–H and O–H groups in total. The van der Waals surface area contributed by atoms with E-state index in [2.05, 4.69) is 49.0 Å². The Hall–Kier alpha value is -2.40. The number of aryl methyl sites for hydroxylation is 1. The largest absolute Gasteiger partial charge is 0.388 e. The lowest BCUT2D eigenvalue weighted by Crippen LogP contribution is -2.34. The monoisotopic (exact) mass is 382 g/mol. The van der Waals surface area contributed by atoms with Crippen LogP contribution in [-0.2, 0) is 0 Å². The van der Waals surface area contributed by atoms with Crippen molar-refractivity contribution < 1.29 is 0 Å². The lowest BCUT2D eigenvalue weighted by molar-refractivity contribution is 0.222. The minimum Gasteiger partial charge on any atom is -0.388 e. The van der Waals surface area contributed by atoms with Crippen LogP contribution in [0.4, 0.5) is 5.69 Å². The van der Waals surface area contributed by atoms with Gasteiger partial charge in [-0.3, -0.25) is 19.2 Å². The average molecular weight is 383 g/mol. The normalized spacial score (nSPS) is 13.0. The number of aromatic nitrogens is 2. The van der Waals surface area contributed by atoms with Gasteiger partial charge in [-0.2, -0.15) is 0 Å². The highest BCUT2D eigenvalue weighted by Crippen LogP contribution is 2.20. The summed E-state index contributed by atoms with van der Waals surface area (Å²) in [6.07, 6.45) is 8.04. The van der Waals surface area contributed by atoms with E-state index in [-0.39, 0.29) is 5.56 Å². The number of pyridine rings is 2. The van der Waals surface area contributed by atoms with Crippen LogP contribution in [0.1, 0.15) is 51.8 Å². The van der Waals surface area contributed by atoms with Crippen molar-refractivity contribution in [2.75, 3.05) is 25.5 Å². The number of rotatable bonds is 9. The SMILES string of the molecule is CCCN(C/C(C)=C/c1c(-n2ccc(NC)cc2=O)ccnc1C)C(C)CC. The van der Waals surface area contributed by atoms with Gasteiger partial charge in [-0.25, -0.2) is 0 Å². The molecule has 2 aromatic heterocycles. The second-order valence-corrected chi connectivity index (χ2v) is 7.42. The third-order valence-electron chi connectivity index (χ3n) is 5.20. The van der Waals surface area contributed by atoms with Crippen LogP contribution in [0, 0.1) is 6.92 Å². The van der Waals surface area contributed by atoms with Gasteiger partial charge in [0.05, 0.1) is 5.69 Å². The fourth-order valence-electron chi connectivity index (χ4n) is 3.40. The van der Waals surface area contributed by atoms with Crippen molar-refractivity contribution >= 4 is 11.8 Å². The number of nitrogens with one attached hydrogen (secondary N) is 1. The standard InChI is InChI=1S/C23H34N4O/c1-7-12-26(18(4)8-2)16-17(3)14-21-19(5)25-11-9-22(21)27-13-10-20(24-6)15-23(27)28/h9-11,13-15,18,24H,7-8,12,16H2,1-6H3/b17-14+. The van der Waals surface area contributed by atoms with Crippen LogP contribution >= 0.6 is 0 Å². The van der Waals surface area contributed by atoms with Gasteiger partial charge >= 0.3 is 0 Å². The van der Waals surface area contributed by atoms with Crippen LogP contribution in [0.3, 0.4) is 0 Å². The summed E-state index contributed by atoms with van der Waals surface area (Å²) in [6, 6.07) is 5.98. The van der Waals surface area contributed by atoms with Crippen molar-refractivity contribution in [2.24, 2.45) is 0 Å². The van der Waals surface area contributed by atoms with E-state index in [1.165, 1.54) is 5.57 Å². The van der Waals surface area contributed by atoms with Crippen molar-refractivity contribution in [2.45, 2.75) is 53.5 Å². The molecule has 0 fully saturated rings. The molecular formula is C23H34N4O. The van der Waals surface area contributed by atoms with Crippen LogP contribution in [0.25, 0.3) is 11.8 Å². The Morgan fingerprint density at radius 3 is 2.71 bits per heavy atom. The Kier molecular flexibility index (Phi) is 8.00. The molecule has 0 saturated carbocycles. The maximum atomic E-state index is 12.6. The minimum absolute atomic E-state index is 0.0584. The van der Waals surface area contributed by atoms with E-state index in [9.17, 15) is 4.79 Å². The number of hydrogen-bond donors (Lipinski definition) is 1. The molecule has 1 unspecified atom stereocenters. The summed E-state index contributed by atoms with van der Waals surface area (Å²) in [5.41, 5.74) is 4.81. The molecule has 2 rings (SSSR count). The molecule has 0 amide bonds. The highest BCUT2D eigenvalue weighted by Gasteiger charge is 2.13. The molecule has 0 saturated heterocycles. The molecule has 1 atom stereocenters. The van der Waals surface area contributed by atoms with E-state index < -0.39 is 0 Å². The Balaban J connectivity index is 2.43. The van der Waals surface area contributed by atoms with Crippen LogP contribution < -0.4 is 10.9 Å². The molecular weight excluding hydrogens is 348 g/mol. The fraction of sp³-hybridized carbons (Fsp3) is 0.478. The molecule has 28 heavy (non-hydrogen) atoms. The second-order valence-electron chi connectivity index (χ2n) is 7.42.